The van der Waals surface area contributed by atoms with E-state index in [-0.39, 0.29) is 5.41 Å². The molecule has 0 unspecified atom stereocenters. The molecule has 2 heteroatoms. The summed E-state index contributed by atoms with van der Waals surface area (Å²) in [6.45, 7) is 2.78. The van der Waals surface area contributed by atoms with E-state index in [2.05, 4.69) is 79.6 Å². The third-order valence-electron chi connectivity index (χ3n) is 5.72. The highest BCUT2D eigenvalue weighted by atomic mass is 16.5. The monoisotopic (exact) mass is 355 g/mol. The lowest BCUT2D eigenvalue weighted by Crippen LogP contribution is -2.36. The molecule has 0 aliphatic heterocycles. The van der Waals surface area contributed by atoms with Crippen molar-refractivity contribution in [3.05, 3.63) is 94.3 Å². The Labute approximate surface area is 161 Å². The van der Waals surface area contributed by atoms with Crippen molar-refractivity contribution in [3.63, 3.8) is 0 Å². The third-order valence-corrected chi connectivity index (χ3v) is 5.72. The van der Waals surface area contributed by atoms with E-state index in [1.54, 1.807) is 0 Å². The number of hydrogen-bond acceptors (Lipinski definition) is 2. The fourth-order valence-electron chi connectivity index (χ4n) is 4.55. The molecule has 2 nitrogen and oxygen atoms in total. The van der Waals surface area contributed by atoms with Gasteiger partial charge in [0, 0.05) is 23.4 Å². The quantitative estimate of drug-likeness (QED) is 0.641. The highest BCUT2D eigenvalue weighted by Crippen LogP contribution is 2.48. The van der Waals surface area contributed by atoms with Crippen LogP contribution in [0.5, 0.6) is 0 Å². The number of ether oxygens (including phenoxy) is 1. The first-order valence-corrected chi connectivity index (χ1v) is 9.68. The van der Waals surface area contributed by atoms with Crippen LogP contribution >= 0.6 is 0 Å². The summed E-state index contributed by atoms with van der Waals surface area (Å²) in [5.41, 5.74) is 12.0. The van der Waals surface area contributed by atoms with Gasteiger partial charge in [-0.3, -0.25) is 0 Å². The molecule has 0 saturated carbocycles. The van der Waals surface area contributed by atoms with Gasteiger partial charge in [0.15, 0.2) is 0 Å². The van der Waals surface area contributed by atoms with E-state index in [0.29, 0.717) is 0 Å². The largest absolute Gasteiger partial charge is 0.498 e. The molecule has 0 radical (unpaired) electrons. The topological polar surface area (TPSA) is 35.2 Å². The maximum absolute atomic E-state index is 5.85. The maximum atomic E-state index is 5.85. The number of rotatable bonds is 4. The molecule has 27 heavy (non-hydrogen) atoms. The van der Waals surface area contributed by atoms with E-state index >= 15 is 0 Å². The lowest BCUT2D eigenvalue weighted by atomic mass is 9.61. The Kier molecular flexibility index (Phi) is 4.77. The molecule has 0 aromatic heterocycles. The minimum absolute atomic E-state index is 0.00418. The van der Waals surface area contributed by atoms with Gasteiger partial charge in [-0.15, -0.1) is 0 Å². The van der Waals surface area contributed by atoms with Crippen molar-refractivity contribution in [1.82, 2.24) is 0 Å². The molecule has 0 heterocycles. The molecular weight excluding hydrogens is 330 g/mol. The van der Waals surface area contributed by atoms with Gasteiger partial charge in [-0.1, -0.05) is 42.5 Å². The predicted molar refractivity (Wildman–Crippen MR) is 110 cm³/mol. The molecule has 2 aliphatic carbocycles. The summed E-state index contributed by atoms with van der Waals surface area (Å²) in [5, 5.41) is 0. The van der Waals surface area contributed by atoms with Crippen molar-refractivity contribution in [3.8, 4) is 12.0 Å². The minimum atomic E-state index is 0.00418. The van der Waals surface area contributed by atoms with Gasteiger partial charge in [-0.2, -0.15) is 0 Å². The predicted octanol–water partition coefficient (Wildman–Crippen LogP) is 4.63. The maximum Gasteiger partial charge on any atom is 0.0962 e. The van der Waals surface area contributed by atoms with Crippen LogP contribution in [-0.2, 0) is 23.0 Å². The smallest absolute Gasteiger partial charge is 0.0962 e. The van der Waals surface area contributed by atoms with Crippen LogP contribution in [0.3, 0.4) is 0 Å². The molecule has 0 saturated heterocycles. The number of fused-ring (bicyclic) bond motifs is 3. The molecule has 2 aromatic rings. The normalized spacial score (nSPS) is 20.3. The summed E-state index contributed by atoms with van der Waals surface area (Å²) in [6.07, 6.45) is 8.63. The SMILES string of the molecule is CCOC1=CC2=CCc3cc(C#CN)ccc3[C@]2(Cc2ccccc2)CC1. The second-order valence-corrected chi connectivity index (χ2v) is 7.29. The Morgan fingerprint density at radius 1 is 1.15 bits per heavy atom. The van der Waals surface area contributed by atoms with Crippen LogP contribution in [0.4, 0.5) is 0 Å². The second kappa shape index (κ2) is 7.37. The Hall–Kier alpha value is -2.92. The van der Waals surface area contributed by atoms with Crippen molar-refractivity contribution in [1.29, 1.82) is 0 Å². The zero-order valence-corrected chi connectivity index (χ0v) is 15.8. The zero-order valence-electron chi connectivity index (χ0n) is 15.8. The fraction of sp³-hybridized carbons (Fsp3) is 0.280. The van der Waals surface area contributed by atoms with Gasteiger partial charge >= 0.3 is 0 Å². The highest BCUT2D eigenvalue weighted by molar-refractivity contribution is 5.56. The molecule has 0 fully saturated rings. The summed E-state index contributed by atoms with van der Waals surface area (Å²) in [4.78, 5) is 0. The van der Waals surface area contributed by atoms with Gasteiger partial charge in [0.2, 0.25) is 0 Å². The van der Waals surface area contributed by atoms with Crippen molar-refractivity contribution in [2.75, 3.05) is 6.61 Å². The molecular formula is C25H25NO. The van der Waals surface area contributed by atoms with E-state index in [1.165, 1.54) is 22.3 Å². The molecule has 0 amide bonds. The first-order chi connectivity index (χ1) is 13.2. The van der Waals surface area contributed by atoms with Crippen molar-refractivity contribution >= 4 is 0 Å². The molecule has 136 valence electrons. The van der Waals surface area contributed by atoms with Gasteiger partial charge in [-0.25, -0.2) is 0 Å². The van der Waals surface area contributed by atoms with Crippen LogP contribution in [0.1, 0.15) is 42.0 Å². The fourth-order valence-corrected chi connectivity index (χ4v) is 4.55. The van der Waals surface area contributed by atoms with Gasteiger partial charge in [0.1, 0.15) is 0 Å². The average Bonchev–Trinajstić information content (AvgIpc) is 2.69. The molecule has 2 aromatic carbocycles. The van der Waals surface area contributed by atoms with E-state index in [0.717, 1.165) is 43.6 Å². The Morgan fingerprint density at radius 2 is 2.00 bits per heavy atom. The van der Waals surface area contributed by atoms with Crippen molar-refractivity contribution in [2.24, 2.45) is 5.73 Å². The minimum Gasteiger partial charge on any atom is -0.498 e. The number of nitrogens with two attached hydrogens (primary N) is 1. The Bertz CT molecular complexity index is 959. The summed E-state index contributed by atoms with van der Waals surface area (Å²) in [5.74, 6) is 4.10. The lowest BCUT2D eigenvalue weighted by Gasteiger charge is -2.43. The van der Waals surface area contributed by atoms with Gasteiger partial charge in [-0.05, 0) is 72.6 Å². The van der Waals surface area contributed by atoms with Crippen LogP contribution in [-0.4, -0.2) is 6.61 Å². The van der Waals surface area contributed by atoms with E-state index in [4.69, 9.17) is 10.5 Å². The van der Waals surface area contributed by atoms with Crippen molar-refractivity contribution < 1.29 is 4.74 Å². The standard InChI is InChI=1S/C25H25NO/c1-2-27-23-12-14-25(18-20-6-4-3-5-7-20)22(17-23)10-9-21-16-19(13-15-26)8-11-24(21)25/h3-8,10-11,16-17H,2,9,12,14,18,26H2,1H3/t25-/m0/s1. The average molecular weight is 355 g/mol. The number of hydrogen-bond donors (Lipinski definition) is 1. The van der Waals surface area contributed by atoms with Gasteiger partial charge < -0.3 is 10.5 Å². The second-order valence-electron chi connectivity index (χ2n) is 7.29. The van der Waals surface area contributed by atoms with Crippen molar-refractivity contribution in [2.45, 2.75) is 38.0 Å². The van der Waals surface area contributed by atoms with Gasteiger partial charge in [0.25, 0.3) is 0 Å². The van der Waals surface area contributed by atoms with Crippen LogP contribution in [0.15, 0.2) is 72.0 Å². The Balaban J connectivity index is 1.82. The number of benzene rings is 2. The first kappa shape index (κ1) is 17.5. The van der Waals surface area contributed by atoms with E-state index in [1.807, 2.05) is 0 Å². The summed E-state index contributed by atoms with van der Waals surface area (Å²) < 4.78 is 5.85. The molecule has 0 bridgehead atoms. The number of allylic oxidation sites excluding steroid dienone is 4. The Morgan fingerprint density at radius 3 is 2.78 bits per heavy atom. The van der Waals surface area contributed by atoms with Crippen LogP contribution in [0.2, 0.25) is 0 Å². The summed E-state index contributed by atoms with van der Waals surface area (Å²) in [7, 11) is 0. The van der Waals surface area contributed by atoms with Crippen LogP contribution < -0.4 is 5.73 Å². The van der Waals surface area contributed by atoms with Crippen LogP contribution in [0, 0.1) is 12.0 Å². The zero-order chi connectivity index (χ0) is 18.7. The highest BCUT2D eigenvalue weighted by Gasteiger charge is 2.41. The van der Waals surface area contributed by atoms with E-state index in [9.17, 15) is 0 Å². The molecule has 0 spiro atoms. The lowest BCUT2D eigenvalue weighted by molar-refractivity contribution is 0.204. The summed E-state index contributed by atoms with van der Waals surface area (Å²) >= 11 is 0. The van der Waals surface area contributed by atoms with Gasteiger partial charge in [0.05, 0.1) is 12.4 Å². The molecule has 4 rings (SSSR count). The third kappa shape index (κ3) is 3.26. The summed E-state index contributed by atoms with van der Waals surface area (Å²) in [6, 6.07) is 19.9. The van der Waals surface area contributed by atoms with E-state index < -0.39 is 0 Å². The molecule has 2 N–H and O–H groups in total. The first-order valence-electron chi connectivity index (χ1n) is 9.68. The molecule has 2 aliphatic rings. The molecule has 1 atom stereocenters. The van der Waals surface area contributed by atoms with Crippen LogP contribution in [0.25, 0.3) is 0 Å².